The van der Waals surface area contributed by atoms with Gasteiger partial charge >= 0.3 is 0 Å². The molecule has 0 spiro atoms. The van der Waals surface area contributed by atoms with Crippen molar-refractivity contribution in [3.05, 3.63) is 29.8 Å². The van der Waals surface area contributed by atoms with E-state index in [0.29, 0.717) is 30.9 Å². The van der Waals surface area contributed by atoms with Gasteiger partial charge in [0.05, 0.1) is 0 Å². The summed E-state index contributed by atoms with van der Waals surface area (Å²) in [6.45, 7) is 3.79. The van der Waals surface area contributed by atoms with Crippen LogP contribution in [0.2, 0.25) is 0 Å². The number of nitrogens with zero attached hydrogens (tertiary/aromatic N) is 2. The molecule has 0 heterocycles. The zero-order valence-corrected chi connectivity index (χ0v) is 11.1. The van der Waals surface area contributed by atoms with Gasteiger partial charge < -0.3 is 15.4 Å². The fourth-order valence-electron chi connectivity index (χ4n) is 1.72. The molecule has 0 unspecified atom stereocenters. The highest BCUT2D eigenvalue weighted by Gasteiger charge is 2.14. The van der Waals surface area contributed by atoms with Gasteiger partial charge in [-0.05, 0) is 30.7 Å². The number of amides is 1. The predicted molar refractivity (Wildman–Crippen MR) is 72.5 cm³/mol. The molecule has 0 aliphatic carbocycles. The number of carbonyl (C=O) groups is 1. The van der Waals surface area contributed by atoms with Crippen LogP contribution in [-0.4, -0.2) is 30.4 Å². The van der Waals surface area contributed by atoms with Crippen molar-refractivity contribution < 1.29 is 9.53 Å². The first-order valence-electron chi connectivity index (χ1n) is 6.38. The van der Waals surface area contributed by atoms with Gasteiger partial charge in [0.2, 0.25) is 0 Å². The number of carbonyl (C=O) groups excluding carboxylic acids is 1. The SMILES string of the molecule is CCCCN(CCN)C(=O)c1ccc(OC#N)cc1. The van der Waals surface area contributed by atoms with Gasteiger partial charge in [-0.3, -0.25) is 4.79 Å². The second-order valence-electron chi connectivity index (χ2n) is 4.15. The zero-order chi connectivity index (χ0) is 14.1. The number of hydrogen-bond acceptors (Lipinski definition) is 4. The van der Waals surface area contributed by atoms with Crippen LogP contribution in [0.25, 0.3) is 0 Å². The molecule has 0 saturated heterocycles. The standard InChI is InChI=1S/C14H19N3O2/c1-2-3-9-17(10-8-15)14(18)12-4-6-13(7-5-12)19-11-16/h4-7H,2-3,8-10,15H2,1H3. The Labute approximate surface area is 113 Å². The fraction of sp³-hybridized carbons (Fsp3) is 0.429. The van der Waals surface area contributed by atoms with Crippen molar-refractivity contribution >= 4 is 5.91 Å². The van der Waals surface area contributed by atoms with Crippen LogP contribution >= 0.6 is 0 Å². The number of benzene rings is 1. The maximum atomic E-state index is 12.3. The summed E-state index contributed by atoms with van der Waals surface area (Å²) < 4.78 is 4.67. The minimum absolute atomic E-state index is 0.0394. The average Bonchev–Trinajstić information content (AvgIpc) is 2.44. The van der Waals surface area contributed by atoms with Crippen molar-refractivity contribution in [1.29, 1.82) is 5.26 Å². The Kier molecular flexibility index (Phi) is 6.41. The third-order valence-corrected chi connectivity index (χ3v) is 2.73. The van der Waals surface area contributed by atoms with Crippen LogP contribution in [0.15, 0.2) is 24.3 Å². The van der Waals surface area contributed by atoms with Gasteiger partial charge in [-0.1, -0.05) is 13.3 Å². The largest absolute Gasteiger partial charge is 0.388 e. The molecular weight excluding hydrogens is 242 g/mol. The van der Waals surface area contributed by atoms with Crippen LogP contribution < -0.4 is 10.5 Å². The summed E-state index contributed by atoms with van der Waals surface area (Å²) in [5.41, 5.74) is 6.11. The van der Waals surface area contributed by atoms with Gasteiger partial charge in [0.1, 0.15) is 5.75 Å². The summed E-state index contributed by atoms with van der Waals surface area (Å²) in [5.74, 6) is 0.389. The molecule has 2 N–H and O–H groups in total. The van der Waals surface area contributed by atoms with Crippen molar-refractivity contribution in [3.63, 3.8) is 0 Å². The molecule has 19 heavy (non-hydrogen) atoms. The summed E-state index contributed by atoms with van der Waals surface area (Å²) in [6.07, 6.45) is 3.58. The maximum Gasteiger partial charge on any atom is 0.292 e. The van der Waals surface area contributed by atoms with E-state index >= 15 is 0 Å². The lowest BCUT2D eigenvalue weighted by Crippen LogP contribution is -2.36. The molecule has 102 valence electrons. The van der Waals surface area contributed by atoms with Gasteiger partial charge in [-0.15, -0.1) is 5.26 Å². The molecular formula is C14H19N3O2. The molecule has 0 aliphatic rings. The highest BCUT2D eigenvalue weighted by atomic mass is 16.5. The molecule has 0 fully saturated rings. The molecule has 1 aromatic rings. The topological polar surface area (TPSA) is 79.3 Å². The molecule has 1 aromatic carbocycles. The quantitative estimate of drug-likeness (QED) is 0.758. The Morgan fingerprint density at radius 3 is 2.58 bits per heavy atom. The van der Waals surface area contributed by atoms with E-state index in [1.807, 2.05) is 0 Å². The monoisotopic (exact) mass is 261 g/mol. The van der Waals surface area contributed by atoms with Gasteiger partial charge in [0.25, 0.3) is 12.2 Å². The number of nitrogens with two attached hydrogens (primary N) is 1. The van der Waals surface area contributed by atoms with Crippen LogP contribution in [-0.2, 0) is 0 Å². The number of rotatable bonds is 7. The number of hydrogen-bond donors (Lipinski definition) is 1. The van der Waals surface area contributed by atoms with Crippen molar-refractivity contribution in [3.8, 4) is 12.0 Å². The minimum Gasteiger partial charge on any atom is -0.388 e. The summed E-state index contributed by atoms with van der Waals surface area (Å²) in [5, 5.41) is 8.39. The molecule has 0 saturated carbocycles. The Morgan fingerprint density at radius 2 is 2.05 bits per heavy atom. The molecule has 0 aromatic heterocycles. The van der Waals surface area contributed by atoms with E-state index in [0.717, 1.165) is 12.8 Å². The van der Waals surface area contributed by atoms with Crippen molar-refractivity contribution in [2.45, 2.75) is 19.8 Å². The van der Waals surface area contributed by atoms with E-state index in [9.17, 15) is 4.79 Å². The lowest BCUT2D eigenvalue weighted by atomic mass is 10.2. The Hall–Kier alpha value is -2.06. The first-order chi connectivity index (χ1) is 9.22. The van der Waals surface area contributed by atoms with Crippen molar-refractivity contribution in [2.75, 3.05) is 19.6 Å². The van der Waals surface area contributed by atoms with Crippen LogP contribution in [0.1, 0.15) is 30.1 Å². The first kappa shape index (κ1) is 15.0. The normalized spacial score (nSPS) is 9.74. The van der Waals surface area contributed by atoms with Crippen LogP contribution in [0, 0.1) is 11.5 Å². The molecule has 1 rings (SSSR count). The van der Waals surface area contributed by atoms with Gasteiger partial charge in [0.15, 0.2) is 0 Å². The molecule has 0 bridgehead atoms. The Morgan fingerprint density at radius 1 is 1.37 bits per heavy atom. The summed E-state index contributed by atoms with van der Waals surface area (Å²) in [6, 6.07) is 6.53. The molecule has 0 aliphatic heterocycles. The van der Waals surface area contributed by atoms with Crippen LogP contribution in [0.4, 0.5) is 0 Å². The zero-order valence-electron chi connectivity index (χ0n) is 11.1. The van der Waals surface area contributed by atoms with E-state index < -0.39 is 0 Å². The number of ether oxygens (including phenoxy) is 1. The maximum absolute atomic E-state index is 12.3. The smallest absolute Gasteiger partial charge is 0.292 e. The third kappa shape index (κ3) is 4.60. The molecule has 1 amide bonds. The van der Waals surface area contributed by atoms with Gasteiger partial charge in [-0.2, -0.15) is 0 Å². The van der Waals surface area contributed by atoms with Crippen molar-refractivity contribution in [1.82, 2.24) is 4.90 Å². The molecule has 0 atom stereocenters. The van der Waals surface area contributed by atoms with Gasteiger partial charge in [0, 0.05) is 25.2 Å². The van der Waals surface area contributed by atoms with E-state index in [-0.39, 0.29) is 5.91 Å². The van der Waals surface area contributed by atoms with E-state index in [2.05, 4.69) is 11.7 Å². The lowest BCUT2D eigenvalue weighted by Gasteiger charge is -2.21. The van der Waals surface area contributed by atoms with Gasteiger partial charge in [-0.25, -0.2) is 0 Å². The summed E-state index contributed by atoms with van der Waals surface area (Å²) in [7, 11) is 0. The molecule has 5 heteroatoms. The third-order valence-electron chi connectivity index (χ3n) is 2.73. The Bertz CT molecular complexity index is 437. The summed E-state index contributed by atoms with van der Waals surface area (Å²) in [4.78, 5) is 14.0. The molecule has 0 radical (unpaired) electrons. The van der Waals surface area contributed by atoms with E-state index in [1.165, 1.54) is 0 Å². The predicted octanol–water partition coefficient (Wildman–Crippen LogP) is 1.75. The highest BCUT2D eigenvalue weighted by Crippen LogP contribution is 2.13. The van der Waals surface area contributed by atoms with Crippen LogP contribution in [0.3, 0.4) is 0 Å². The fourth-order valence-corrected chi connectivity index (χ4v) is 1.72. The molecule has 5 nitrogen and oxygen atoms in total. The second kappa shape index (κ2) is 8.11. The number of nitriles is 1. The van der Waals surface area contributed by atoms with Crippen LogP contribution in [0.5, 0.6) is 5.75 Å². The van der Waals surface area contributed by atoms with E-state index in [1.54, 1.807) is 35.4 Å². The average molecular weight is 261 g/mol. The highest BCUT2D eigenvalue weighted by molar-refractivity contribution is 5.94. The number of unbranched alkanes of at least 4 members (excludes halogenated alkanes) is 1. The lowest BCUT2D eigenvalue weighted by molar-refractivity contribution is 0.0758. The first-order valence-corrected chi connectivity index (χ1v) is 6.38. The Balaban J connectivity index is 2.75. The van der Waals surface area contributed by atoms with Crippen molar-refractivity contribution in [2.24, 2.45) is 5.73 Å². The minimum atomic E-state index is -0.0394. The summed E-state index contributed by atoms with van der Waals surface area (Å²) >= 11 is 0. The second-order valence-corrected chi connectivity index (χ2v) is 4.15. The van der Waals surface area contributed by atoms with E-state index in [4.69, 9.17) is 11.0 Å².